The van der Waals surface area contributed by atoms with Crippen molar-refractivity contribution in [2.75, 3.05) is 46.1 Å². The lowest BCUT2D eigenvalue weighted by molar-refractivity contribution is -0.153. The van der Waals surface area contributed by atoms with E-state index in [0.29, 0.717) is 12.8 Å². The van der Waals surface area contributed by atoms with Crippen LogP contribution in [0.2, 0.25) is 0 Å². The molecule has 0 aromatic carbocycles. The zero-order valence-electron chi connectivity index (χ0n) is 32.8. The topological polar surface area (TPSA) is 255 Å². The van der Waals surface area contributed by atoms with Gasteiger partial charge < -0.3 is 40.6 Å². The van der Waals surface area contributed by atoms with Crippen molar-refractivity contribution in [1.29, 1.82) is 0 Å². The molecule has 0 aromatic heterocycles. The molecule has 2 aliphatic rings. The first-order chi connectivity index (χ1) is 25.3. The standard InChI is InChI=1S/C15H22N2O2.C6H15N.C6H10O4.C6H14O2.C5H10O4/c18-10-16-14-5-1-12(2-6-14)9-13-3-7-15(8-4-13)17-11-19;1-4-7(5-2)6-3;7-5(8)3-1-2-4-6(9)10;7-5-3-1-2-4-6-8;1-5(2-6,3-7)4(8)9/h12-15H,1-9H2;4-6H2,1-3H3;1-4H2,(H,7,8)(H,9,10);7-8H,1-6H2;6-7H,2-3H2,1H3,(H,8,9). The van der Waals surface area contributed by atoms with Crippen LogP contribution in [0.1, 0.15) is 137 Å². The zero-order chi connectivity index (χ0) is 40.9. The third-order valence-electron chi connectivity index (χ3n) is 9.42. The Hall–Kier alpha value is -3.03. The minimum absolute atomic E-state index is 0.0628. The van der Waals surface area contributed by atoms with Crippen molar-refractivity contribution in [3.8, 4) is 0 Å². The molecule has 0 bridgehead atoms. The Morgan fingerprint density at radius 2 is 0.943 bits per heavy atom. The van der Waals surface area contributed by atoms with Gasteiger partial charge >= 0.3 is 17.9 Å². The van der Waals surface area contributed by atoms with E-state index in [1.807, 2.05) is 0 Å². The summed E-state index contributed by atoms with van der Waals surface area (Å²) in [6, 6.07) is 0.456. The Morgan fingerprint density at radius 1 is 0.604 bits per heavy atom. The van der Waals surface area contributed by atoms with Crippen LogP contribution >= 0.6 is 0 Å². The van der Waals surface area contributed by atoms with E-state index in [0.717, 1.165) is 63.2 Å². The Morgan fingerprint density at radius 3 is 1.13 bits per heavy atom. The first kappa shape index (κ1) is 54.3. The highest BCUT2D eigenvalue weighted by Crippen LogP contribution is 2.36. The number of hydrogen-bond acceptors (Lipinski definition) is 12. The highest BCUT2D eigenvalue weighted by molar-refractivity contribution is 5.74. The summed E-state index contributed by atoms with van der Waals surface area (Å²) in [6.07, 6.45) is 18.5. The van der Waals surface area contributed by atoms with E-state index in [-0.39, 0.29) is 38.1 Å². The molecular formula is C38H71N3O12. The summed E-state index contributed by atoms with van der Waals surface area (Å²) >= 11 is 0. The second kappa shape index (κ2) is 37.3. The summed E-state index contributed by atoms with van der Waals surface area (Å²) in [6.45, 7) is 10.9. The molecule has 2 saturated carbocycles. The van der Waals surface area contributed by atoms with E-state index < -0.39 is 36.5 Å². The number of carbonyl (C=O) groups is 3. The lowest BCUT2D eigenvalue weighted by atomic mass is 9.76. The lowest BCUT2D eigenvalue weighted by Crippen LogP contribution is -2.35. The van der Waals surface area contributed by atoms with Crippen LogP contribution in [0.5, 0.6) is 0 Å². The predicted octanol–water partition coefficient (Wildman–Crippen LogP) is 4.82. The second-order valence-corrected chi connectivity index (χ2v) is 13.7. The van der Waals surface area contributed by atoms with Crippen molar-refractivity contribution in [1.82, 2.24) is 4.90 Å². The molecule has 53 heavy (non-hydrogen) atoms. The van der Waals surface area contributed by atoms with Gasteiger partial charge in [-0.15, -0.1) is 0 Å². The number of isocyanates is 2. The molecule has 2 rings (SSSR count). The lowest BCUT2D eigenvalue weighted by Gasteiger charge is -2.31. The number of aliphatic hydroxyl groups excluding tert-OH is 4. The first-order valence-electron chi connectivity index (χ1n) is 19.2. The number of carbonyl (C=O) groups excluding carboxylic acids is 2. The van der Waals surface area contributed by atoms with Gasteiger partial charge in [0.05, 0.1) is 25.3 Å². The number of aliphatic carboxylic acids is 3. The van der Waals surface area contributed by atoms with E-state index in [4.69, 9.17) is 35.7 Å². The highest BCUT2D eigenvalue weighted by atomic mass is 16.4. The average molecular weight is 762 g/mol. The van der Waals surface area contributed by atoms with Crippen LogP contribution in [0.15, 0.2) is 9.98 Å². The number of carboxylic acid groups (broad SMARTS) is 3. The third-order valence-corrected chi connectivity index (χ3v) is 9.42. The molecule has 0 radical (unpaired) electrons. The van der Waals surface area contributed by atoms with Crippen LogP contribution in [0, 0.1) is 17.3 Å². The van der Waals surface area contributed by atoms with E-state index in [1.54, 1.807) is 12.2 Å². The number of carboxylic acids is 3. The Bertz CT molecular complexity index is 931. The maximum Gasteiger partial charge on any atom is 0.314 e. The van der Waals surface area contributed by atoms with Crippen molar-refractivity contribution in [3.05, 3.63) is 0 Å². The van der Waals surface area contributed by atoms with Gasteiger partial charge in [-0.05, 0) is 122 Å². The fourth-order valence-corrected chi connectivity index (χ4v) is 5.63. The van der Waals surface area contributed by atoms with Gasteiger partial charge in [-0.2, -0.15) is 0 Å². The van der Waals surface area contributed by atoms with Crippen LogP contribution < -0.4 is 0 Å². The van der Waals surface area contributed by atoms with Crippen LogP contribution in [0.25, 0.3) is 0 Å². The number of hydrogen-bond donors (Lipinski definition) is 7. The smallest absolute Gasteiger partial charge is 0.314 e. The monoisotopic (exact) mass is 762 g/mol. The van der Waals surface area contributed by atoms with Gasteiger partial charge in [-0.3, -0.25) is 14.4 Å². The summed E-state index contributed by atoms with van der Waals surface area (Å²) in [4.78, 5) is 60.5. The molecule has 7 N–H and O–H groups in total. The summed E-state index contributed by atoms with van der Waals surface area (Å²) in [5.41, 5.74) is -1.39. The molecule has 15 heteroatoms. The maximum atomic E-state index is 10.2. The fourth-order valence-electron chi connectivity index (χ4n) is 5.63. The van der Waals surface area contributed by atoms with Crippen molar-refractivity contribution in [3.63, 3.8) is 0 Å². The van der Waals surface area contributed by atoms with E-state index in [1.165, 1.54) is 58.7 Å². The third kappa shape index (κ3) is 33.3. The van der Waals surface area contributed by atoms with Gasteiger partial charge in [0.15, 0.2) is 0 Å². The van der Waals surface area contributed by atoms with E-state index in [2.05, 4.69) is 35.7 Å². The van der Waals surface area contributed by atoms with Gasteiger partial charge in [0.1, 0.15) is 5.41 Å². The van der Waals surface area contributed by atoms with E-state index >= 15 is 0 Å². The quantitative estimate of drug-likeness (QED) is 0.0500. The van der Waals surface area contributed by atoms with Gasteiger partial charge in [0.25, 0.3) is 0 Å². The molecule has 0 spiro atoms. The second-order valence-electron chi connectivity index (χ2n) is 13.7. The summed E-state index contributed by atoms with van der Waals surface area (Å²) in [5.74, 6) is -1.33. The summed E-state index contributed by atoms with van der Waals surface area (Å²) in [7, 11) is 0. The Balaban J connectivity index is -0.000000633. The van der Waals surface area contributed by atoms with Gasteiger partial charge in [-0.25, -0.2) is 19.6 Å². The predicted molar refractivity (Wildman–Crippen MR) is 202 cm³/mol. The minimum atomic E-state index is -1.39. The molecule has 0 heterocycles. The van der Waals surface area contributed by atoms with Gasteiger partial charge in [0.2, 0.25) is 12.2 Å². The maximum absolute atomic E-state index is 10.2. The zero-order valence-corrected chi connectivity index (χ0v) is 32.8. The number of unbranched alkanes of at least 4 members (excludes halogenated alkanes) is 4. The first-order valence-corrected chi connectivity index (χ1v) is 19.2. The number of rotatable bonds is 20. The molecule has 2 aliphatic carbocycles. The molecule has 0 atom stereocenters. The van der Waals surface area contributed by atoms with Crippen molar-refractivity contribution < 1.29 is 59.7 Å². The van der Waals surface area contributed by atoms with E-state index in [9.17, 15) is 24.0 Å². The molecule has 0 amide bonds. The van der Waals surface area contributed by atoms with Crippen LogP contribution in [-0.2, 0) is 24.0 Å². The largest absolute Gasteiger partial charge is 0.481 e. The Labute approximate surface area is 316 Å². The van der Waals surface area contributed by atoms with Crippen molar-refractivity contribution in [2.45, 2.75) is 149 Å². The SMILES string of the molecule is CC(CO)(CO)C(=O)O.CCN(CC)CC.O=C(O)CCCCC(=O)O.O=C=NC1CCC(CC2CCC(N=C=O)CC2)CC1.OCCCCCCO. The Kier molecular flexibility index (Phi) is 38.2. The highest BCUT2D eigenvalue weighted by Gasteiger charge is 2.31. The van der Waals surface area contributed by atoms with Crippen molar-refractivity contribution in [2.24, 2.45) is 27.2 Å². The molecule has 0 aliphatic heterocycles. The fraction of sp³-hybridized carbons (Fsp3) is 0.868. The van der Waals surface area contributed by atoms with Crippen LogP contribution in [0.3, 0.4) is 0 Å². The summed E-state index contributed by atoms with van der Waals surface area (Å²) in [5, 5.41) is 58.0. The van der Waals surface area contributed by atoms with Gasteiger partial charge in [-0.1, -0.05) is 33.6 Å². The number of nitrogens with zero attached hydrogens (tertiary/aromatic N) is 3. The molecule has 15 nitrogen and oxygen atoms in total. The minimum Gasteiger partial charge on any atom is -0.481 e. The molecule has 2 fully saturated rings. The normalized spacial score (nSPS) is 19.0. The number of aliphatic hydroxyl groups is 4. The molecule has 0 aromatic rings. The van der Waals surface area contributed by atoms with Gasteiger partial charge in [0, 0.05) is 26.1 Å². The molecule has 310 valence electrons. The number of aliphatic imine (C=N–C) groups is 2. The molecule has 0 saturated heterocycles. The molecule has 0 unspecified atom stereocenters. The van der Waals surface area contributed by atoms with Crippen LogP contribution in [-0.4, -0.2) is 129 Å². The summed E-state index contributed by atoms with van der Waals surface area (Å²) < 4.78 is 0. The van der Waals surface area contributed by atoms with Crippen molar-refractivity contribution >= 4 is 30.1 Å². The molecular weight excluding hydrogens is 690 g/mol. The average Bonchev–Trinajstić information content (AvgIpc) is 3.15. The van der Waals surface area contributed by atoms with Crippen LogP contribution in [0.4, 0.5) is 0 Å².